The number of aromatic nitrogens is 3. The third-order valence-electron chi connectivity index (χ3n) is 4.65. The van der Waals surface area contributed by atoms with Crippen LogP contribution < -0.4 is 9.47 Å². The van der Waals surface area contributed by atoms with E-state index in [2.05, 4.69) is 16.3 Å². The number of para-hydroxylation sites is 1. The molecule has 3 aromatic carbocycles. The van der Waals surface area contributed by atoms with Crippen molar-refractivity contribution in [3.05, 3.63) is 84.2 Å². The zero-order valence-electron chi connectivity index (χ0n) is 17.3. The minimum Gasteiger partial charge on any atom is -0.497 e. The number of hydrogen-bond acceptors (Lipinski definition) is 5. The topological polar surface area (TPSA) is 49.2 Å². The van der Waals surface area contributed by atoms with Crippen molar-refractivity contribution >= 4 is 11.8 Å². The van der Waals surface area contributed by atoms with E-state index in [1.165, 1.54) is 17.8 Å². The maximum atomic E-state index is 13.7. The summed E-state index contributed by atoms with van der Waals surface area (Å²) in [6.45, 7) is 2.40. The van der Waals surface area contributed by atoms with Gasteiger partial charge in [-0.25, -0.2) is 4.39 Å². The lowest BCUT2D eigenvalue weighted by atomic mass is 10.1. The van der Waals surface area contributed by atoms with Crippen molar-refractivity contribution in [1.82, 2.24) is 14.8 Å². The smallest absolute Gasteiger partial charge is 0.196 e. The molecule has 31 heavy (non-hydrogen) atoms. The monoisotopic (exact) mass is 435 g/mol. The number of methoxy groups -OCH3 is 1. The Hall–Kier alpha value is -3.32. The van der Waals surface area contributed by atoms with Crippen LogP contribution in [0.3, 0.4) is 0 Å². The molecule has 1 aromatic heterocycles. The maximum absolute atomic E-state index is 13.7. The lowest BCUT2D eigenvalue weighted by Crippen LogP contribution is -2.04. The Kier molecular flexibility index (Phi) is 6.52. The molecule has 0 radical (unpaired) electrons. The maximum Gasteiger partial charge on any atom is 0.196 e. The van der Waals surface area contributed by atoms with Crippen molar-refractivity contribution in [3.8, 4) is 28.6 Å². The second kappa shape index (κ2) is 9.66. The van der Waals surface area contributed by atoms with Crippen molar-refractivity contribution in [2.75, 3.05) is 19.5 Å². The summed E-state index contributed by atoms with van der Waals surface area (Å²) < 4.78 is 26.6. The number of thioether (sulfide) groups is 1. The standard InChI is InChI=1S/C24H22FN3O2S/c1-17-6-5-7-18(16-17)23-26-27-24(28(23)19-10-12-20(29-2)13-11-19)31-15-14-30-22-9-4-3-8-21(22)25/h3-13,16H,14-15H2,1-2H3. The van der Waals surface area contributed by atoms with Crippen molar-refractivity contribution in [2.24, 2.45) is 0 Å². The minimum absolute atomic E-state index is 0.250. The van der Waals surface area contributed by atoms with Gasteiger partial charge in [-0.1, -0.05) is 47.7 Å². The molecular weight excluding hydrogens is 413 g/mol. The molecule has 4 aromatic rings. The Labute approximate surface area is 184 Å². The summed E-state index contributed by atoms with van der Waals surface area (Å²) in [6.07, 6.45) is 0. The molecule has 7 heteroatoms. The number of benzene rings is 3. The van der Waals surface area contributed by atoms with Crippen molar-refractivity contribution in [3.63, 3.8) is 0 Å². The summed E-state index contributed by atoms with van der Waals surface area (Å²) in [5.41, 5.74) is 3.06. The van der Waals surface area contributed by atoms with Crippen LogP contribution in [-0.2, 0) is 0 Å². The van der Waals surface area contributed by atoms with Crippen molar-refractivity contribution in [1.29, 1.82) is 0 Å². The normalized spacial score (nSPS) is 10.8. The van der Waals surface area contributed by atoms with E-state index in [1.807, 2.05) is 54.0 Å². The van der Waals surface area contributed by atoms with E-state index in [0.29, 0.717) is 12.4 Å². The lowest BCUT2D eigenvalue weighted by molar-refractivity contribution is 0.325. The summed E-state index contributed by atoms with van der Waals surface area (Å²) in [7, 11) is 1.64. The SMILES string of the molecule is COc1ccc(-n2c(SCCOc3ccccc3F)nnc2-c2cccc(C)c2)cc1. The first-order chi connectivity index (χ1) is 15.2. The molecule has 0 spiro atoms. The number of rotatable bonds is 8. The van der Waals surface area contributed by atoms with Gasteiger partial charge in [-0.3, -0.25) is 4.57 Å². The minimum atomic E-state index is -0.365. The summed E-state index contributed by atoms with van der Waals surface area (Å²) in [5.74, 6) is 2.01. The van der Waals surface area contributed by atoms with E-state index in [-0.39, 0.29) is 11.6 Å². The Morgan fingerprint density at radius 2 is 1.77 bits per heavy atom. The molecule has 0 saturated heterocycles. The Balaban J connectivity index is 1.58. The molecule has 5 nitrogen and oxygen atoms in total. The molecule has 1 heterocycles. The Morgan fingerprint density at radius 1 is 0.968 bits per heavy atom. The lowest BCUT2D eigenvalue weighted by Gasteiger charge is -2.12. The highest BCUT2D eigenvalue weighted by Crippen LogP contribution is 2.29. The van der Waals surface area contributed by atoms with Crippen LogP contribution in [0.25, 0.3) is 17.1 Å². The number of hydrogen-bond donors (Lipinski definition) is 0. The first-order valence-electron chi connectivity index (χ1n) is 9.83. The zero-order valence-corrected chi connectivity index (χ0v) is 18.1. The summed E-state index contributed by atoms with van der Waals surface area (Å²) in [4.78, 5) is 0. The van der Waals surface area contributed by atoms with Gasteiger partial charge in [0.1, 0.15) is 5.75 Å². The fourth-order valence-corrected chi connectivity index (χ4v) is 3.91. The van der Waals surface area contributed by atoms with E-state index >= 15 is 0 Å². The first kappa shape index (κ1) is 20.9. The number of aryl methyl sites for hydroxylation is 1. The van der Waals surface area contributed by atoms with Crippen molar-refractivity contribution < 1.29 is 13.9 Å². The van der Waals surface area contributed by atoms with E-state index < -0.39 is 0 Å². The molecule has 0 N–H and O–H groups in total. The molecule has 0 saturated carbocycles. The first-order valence-corrected chi connectivity index (χ1v) is 10.8. The van der Waals surface area contributed by atoms with Crippen LogP contribution >= 0.6 is 11.8 Å². The van der Waals surface area contributed by atoms with Gasteiger partial charge < -0.3 is 9.47 Å². The summed E-state index contributed by atoms with van der Waals surface area (Å²) in [5, 5.41) is 9.61. The molecule has 0 fully saturated rings. The van der Waals surface area contributed by atoms with E-state index in [1.54, 1.807) is 25.3 Å². The Morgan fingerprint density at radius 3 is 2.52 bits per heavy atom. The second-order valence-corrected chi connectivity index (χ2v) is 7.90. The van der Waals surface area contributed by atoms with Gasteiger partial charge in [-0.15, -0.1) is 10.2 Å². The average molecular weight is 436 g/mol. The van der Waals surface area contributed by atoms with Crippen LogP contribution in [-0.4, -0.2) is 34.2 Å². The third-order valence-corrected chi connectivity index (χ3v) is 5.54. The Bertz CT molecular complexity index is 1160. The fourth-order valence-electron chi connectivity index (χ4n) is 3.14. The van der Waals surface area contributed by atoms with Crippen LogP contribution in [0, 0.1) is 12.7 Å². The predicted molar refractivity (Wildman–Crippen MR) is 121 cm³/mol. The highest BCUT2D eigenvalue weighted by Gasteiger charge is 2.16. The van der Waals surface area contributed by atoms with Gasteiger partial charge in [0, 0.05) is 17.0 Å². The van der Waals surface area contributed by atoms with Crippen LogP contribution in [0.15, 0.2) is 78.0 Å². The molecule has 0 aliphatic carbocycles. The largest absolute Gasteiger partial charge is 0.497 e. The second-order valence-electron chi connectivity index (χ2n) is 6.84. The van der Waals surface area contributed by atoms with Gasteiger partial charge in [0.25, 0.3) is 0 Å². The van der Waals surface area contributed by atoms with E-state index in [0.717, 1.165) is 33.5 Å². The van der Waals surface area contributed by atoms with Crippen LogP contribution in [0.2, 0.25) is 0 Å². The van der Waals surface area contributed by atoms with E-state index in [4.69, 9.17) is 9.47 Å². The predicted octanol–water partition coefficient (Wildman–Crippen LogP) is 5.56. The van der Waals surface area contributed by atoms with Gasteiger partial charge in [-0.05, 0) is 49.4 Å². The highest BCUT2D eigenvalue weighted by atomic mass is 32.2. The van der Waals surface area contributed by atoms with Crippen molar-refractivity contribution in [2.45, 2.75) is 12.1 Å². The number of nitrogens with zero attached hydrogens (tertiary/aromatic N) is 3. The van der Waals surface area contributed by atoms with Gasteiger partial charge in [0.15, 0.2) is 22.5 Å². The highest BCUT2D eigenvalue weighted by molar-refractivity contribution is 7.99. The summed E-state index contributed by atoms with van der Waals surface area (Å²) >= 11 is 1.51. The molecular formula is C24H22FN3O2S. The van der Waals surface area contributed by atoms with Gasteiger partial charge in [0.05, 0.1) is 13.7 Å². The molecule has 0 bridgehead atoms. The fraction of sp³-hybridized carbons (Fsp3) is 0.167. The van der Waals surface area contributed by atoms with Crippen LogP contribution in [0.4, 0.5) is 4.39 Å². The number of ether oxygens (including phenoxy) is 2. The molecule has 0 aliphatic rings. The van der Waals surface area contributed by atoms with Gasteiger partial charge >= 0.3 is 0 Å². The molecule has 4 rings (SSSR count). The van der Waals surface area contributed by atoms with Gasteiger partial charge in [-0.2, -0.15) is 0 Å². The molecule has 0 aliphatic heterocycles. The zero-order chi connectivity index (χ0) is 21.6. The molecule has 0 atom stereocenters. The molecule has 158 valence electrons. The molecule has 0 unspecified atom stereocenters. The number of halogens is 1. The van der Waals surface area contributed by atoms with Crippen LogP contribution in [0.5, 0.6) is 11.5 Å². The van der Waals surface area contributed by atoms with Crippen LogP contribution in [0.1, 0.15) is 5.56 Å². The summed E-state index contributed by atoms with van der Waals surface area (Å²) in [6, 6.07) is 22.3. The molecule has 0 amide bonds. The van der Waals surface area contributed by atoms with Gasteiger partial charge in [0.2, 0.25) is 0 Å². The average Bonchev–Trinajstić information content (AvgIpc) is 3.22. The van der Waals surface area contributed by atoms with E-state index in [9.17, 15) is 4.39 Å². The third kappa shape index (κ3) is 4.88. The quantitative estimate of drug-likeness (QED) is 0.268.